The maximum Gasteiger partial charge on any atom is 0.158 e. The molecule has 0 bridgehead atoms. The van der Waals surface area contributed by atoms with Crippen LogP contribution >= 0.6 is 0 Å². The van der Waals surface area contributed by atoms with Gasteiger partial charge in [0.05, 0.1) is 6.20 Å². The Morgan fingerprint density at radius 1 is 1.25 bits per heavy atom. The van der Waals surface area contributed by atoms with Crippen LogP contribution < -0.4 is 5.32 Å². The minimum absolute atomic E-state index is 0.786. The van der Waals surface area contributed by atoms with Crippen molar-refractivity contribution >= 4 is 5.82 Å². The van der Waals surface area contributed by atoms with Gasteiger partial charge in [-0.05, 0) is 31.2 Å². The molecule has 20 heavy (non-hydrogen) atoms. The van der Waals surface area contributed by atoms with E-state index in [0.29, 0.717) is 0 Å². The summed E-state index contributed by atoms with van der Waals surface area (Å²) in [6.07, 6.45) is 12.2. The number of nitrogens with zero attached hydrogens (tertiary/aromatic N) is 4. The Kier molecular flexibility index (Phi) is 3.95. The Hall–Kier alpha value is -1.91. The van der Waals surface area contributed by atoms with Gasteiger partial charge in [0.15, 0.2) is 5.82 Å². The normalized spacial score (nSPS) is 16.2. The molecule has 106 valence electrons. The van der Waals surface area contributed by atoms with Crippen LogP contribution in [-0.4, -0.2) is 26.3 Å². The summed E-state index contributed by atoms with van der Waals surface area (Å²) in [6.45, 7) is 3.03. The number of nitrogens with one attached hydrogen (secondary N) is 1. The molecule has 2 aromatic rings. The van der Waals surface area contributed by atoms with Gasteiger partial charge in [0, 0.05) is 18.8 Å². The summed E-state index contributed by atoms with van der Waals surface area (Å²) in [5.41, 5.74) is 1.13. The monoisotopic (exact) mass is 271 g/mol. The molecule has 1 aliphatic carbocycles. The Morgan fingerprint density at radius 3 is 2.85 bits per heavy atom. The standard InChI is InChI=1S/C15H21N5/c1-12-8-19-20(10-12)15-7-14(17-11-18-15)16-9-13-5-3-2-4-6-13/h7-8,10-11,13H,2-6,9H2,1H3,(H,16,17,18). The van der Waals surface area contributed by atoms with Crippen LogP contribution in [0.1, 0.15) is 37.7 Å². The topological polar surface area (TPSA) is 55.6 Å². The van der Waals surface area contributed by atoms with E-state index in [0.717, 1.165) is 29.7 Å². The first kappa shape index (κ1) is 13.1. The third-order valence-corrected chi connectivity index (χ3v) is 3.90. The zero-order valence-corrected chi connectivity index (χ0v) is 11.9. The van der Waals surface area contributed by atoms with Crippen molar-refractivity contribution in [2.75, 3.05) is 11.9 Å². The second kappa shape index (κ2) is 6.03. The summed E-state index contributed by atoms with van der Waals surface area (Å²) in [4.78, 5) is 8.56. The second-order valence-corrected chi connectivity index (χ2v) is 5.61. The number of aromatic nitrogens is 4. The van der Waals surface area contributed by atoms with E-state index in [1.165, 1.54) is 32.1 Å². The summed E-state index contributed by atoms with van der Waals surface area (Å²) < 4.78 is 1.78. The van der Waals surface area contributed by atoms with Crippen molar-refractivity contribution in [3.8, 4) is 5.82 Å². The fraction of sp³-hybridized carbons (Fsp3) is 0.533. The third-order valence-electron chi connectivity index (χ3n) is 3.90. The van der Waals surface area contributed by atoms with E-state index in [4.69, 9.17) is 0 Å². The molecule has 1 aliphatic rings. The van der Waals surface area contributed by atoms with Crippen LogP contribution in [0.15, 0.2) is 24.8 Å². The summed E-state index contributed by atoms with van der Waals surface area (Å²) in [6, 6.07) is 1.95. The van der Waals surface area contributed by atoms with Crippen LogP contribution in [-0.2, 0) is 0 Å². The van der Waals surface area contributed by atoms with Crippen LogP contribution in [0.3, 0.4) is 0 Å². The minimum Gasteiger partial charge on any atom is -0.370 e. The molecular weight excluding hydrogens is 250 g/mol. The lowest BCUT2D eigenvalue weighted by Gasteiger charge is -2.21. The number of aryl methyl sites for hydroxylation is 1. The van der Waals surface area contributed by atoms with E-state index in [1.807, 2.05) is 25.4 Å². The lowest BCUT2D eigenvalue weighted by molar-refractivity contribution is 0.373. The number of rotatable bonds is 4. The van der Waals surface area contributed by atoms with Crippen LogP contribution in [0.2, 0.25) is 0 Å². The van der Waals surface area contributed by atoms with Crippen LogP contribution in [0.4, 0.5) is 5.82 Å². The Bertz CT molecular complexity index is 557. The molecule has 0 spiro atoms. The number of hydrogen-bond donors (Lipinski definition) is 1. The highest BCUT2D eigenvalue weighted by Gasteiger charge is 2.13. The smallest absolute Gasteiger partial charge is 0.158 e. The van der Waals surface area contributed by atoms with Gasteiger partial charge in [0.2, 0.25) is 0 Å². The lowest BCUT2D eigenvalue weighted by atomic mass is 9.89. The van der Waals surface area contributed by atoms with Gasteiger partial charge in [0.1, 0.15) is 12.1 Å². The molecule has 0 atom stereocenters. The quantitative estimate of drug-likeness (QED) is 0.929. The largest absolute Gasteiger partial charge is 0.370 e. The SMILES string of the molecule is Cc1cnn(-c2cc(NCC3CCCCC3)ncn2)c1. The molecule has 3 rings (SSSR count). The van der Waals surface area contributed by atoms with Gasteiger partial charge < -0.3 is 5.32 Å². The average Bonchev–Trinajstić information content (AvgIpc) is 2.93. The Morgan fingerprint density at radius 2 is 2.10 bits per heavy atom. The zero-order valence-electron chi connectivity index (χ0n) is 11.9. The molecule has 2 aromatic heterocycles. The maximum atomic E-state index is 4.29. The minimum atomic E-state index is 0.786. The third kappa shape index (κ3) is 3.15. The molecule has 1 saturated carbocycles. The molecule has 5 heteroatoms. The predicted molar refractivity (Wildman–Crippen MR) is 79.0 cm³/mol. The summed E-state index contributed by atoms with van der Waals surface area (Å²) in [5.74, 6) is 2.47. The van der Waals surface area contributed by atoms with Crippen molar-refractivity contribution in [2.24, 2.45) is 5.92 Å². The van der Waals surface area contributed by atoms with E-state index < -0.39 is 0 Å². The van der Waals surface area contributed by atoms with Gasteiger partial charge in [0.25, 0.3) is 0 Å². The second-order valence-electron chi connectivity index (χ2n) is 5.61. The molecule has 5 nitrogen and oxygen atoms in total. The molecule has 2 heterocycles. The maximum absolute atomic E-state index is 4.29. The fourth-order valence-corrected chi connectivity index (χ4v) is 2.75. The van der Waals surface area contributed by atoms with Crippen molar-refractivity contribution < 1.29 is 0 Å². The number of anilines is 1. The van der Waals surface area contributed by atoms with Gasteiger partial charge in [-0.15, -0.1) is 0 Å². The first-order valence-corrected chi connectivity index (χ1v) is 7.39. The van der Waals surface area contributed by atoms with Gasteiger partial charge in [-0.2, -0.15) is 5.10 Å². The van der Waals surface area contributed by atoms with Gasteiger partial charge in [-0.25, -0.2) is 14.6 Å². The molecule has 0 saturated heterocycles. The van der Waals surface area contributed by atoms with Crippen molar-refractivity contribution in [3.05, 3.63) is 30.4 Å². The van der Waals surface area contributed by atoms with E-state index >= 15 is 0 Å². The molecular formula is C15H21N5. The van der Waals surface area contributed by atoms with Gasteiger partial charge >= 0.3 is 0 Å². The van der Waals surface area contributed by atoms with Gasteiger partial charge in [-0.3, -0.25) is 0 Å². The number of hydrogen-bond acceptors (Lipinski definition) is 4. The van der Waals surface area contributed by atoms with Crippen molar-refractivity contribution in [1.82, 2.24) is 19.7 Å². The van der Waals surface area contributed by atoms with Gasteiger partial charge in [-0.1, -0.05) is 19.3 Å². The van der Waals surface area contributed by atoms with E-state index in [2.05, 4.69) is 20.4 Å². The molecule has 0 aromatic carbocycles. The summed E-state index contributed by atoms with van der Waals surface area (Å²) >= 11 is 0. The van der Waals surface area contributed by atoms with E-state index in [-0.39, 0.29) is 0 Å². The van der Waals surface area contributed by atoms with Crippen molar-refractivity contribution in [2.45, 2.75) is 39.0 Å². The molecule has 1 N–H and O–H groups in total. The van der Waals surface area contributed by atoms with E-state index in [1.54, 1.807) is 11.0 Å². The molecule has 0 unspecified atom stereocenters. The highest BCUT2D eigenvalue weighted by atomic mass is 15.3. The highest BCUT2D eigenvalue weighted by molar-refractivity contribution is 5.40. The van der Waals surface area contributed by atoms with Crippen LogP contribution in [0.25, 0.3) is 5.82 Å². The highest BCUT2D eigenvalue weighted by Crippen LogP contribution is 2.23. The lowest BCUT2D eigenvalue weighted by Crippen LogP contribution is -2.17. The Balaban J connectivity index is 1.65. The Labute approximate surface area is 119 Å². The van der Waals surface area contributed by atoms with E-state index in [9.17, 15) is 0 Å². The molecule has 0 radical (unpaired) electrons. The van der Waals surface area contributed by atoms with Crippen LogP contribution in [0.5, 0.6) is 0 Å². The molecule has 0 aliphatic heterocycles. The predicted octanol–water partition coefficient (Wildman–Crippen LogP) is 2.96. The zero-order chi connectivity index (χ0) is 13.8. The van der Waals surface area contributed by atoms with Crippen molar-refractivity contribution in [1.29, 1.82) is 0 Å². The summed E-state index contributed by atoms with van der Waals surface area (Å²) in [7, 11) is 0. The van der Waals surface area contributed by atoms with Crippen molar-refractivity contribution in [3.63, 3.8) is 0 Å². The summed E-state index contributed by atoms with van der Waals surface area (Å²) in [5, 5.41) is 7.71. The molecule has 1 fully saturated rings. The first-order chi connectivity index (χ1) is 9.81. The molecule has 0 amide bonds. The fourth-order valence-electron chi connectivity index (χ4n) is 2.75. The van der Waals surface area contributed by atoms with Crippen LogP contribution in [0, 0.1) is 12.8 Å². The average molecular weight is 271 g/mol. The first-order valence-electron chi connectivity index (χ1n) is 7.39.